The Balaban J connectivity index is 1.63. The molecular formula is C13H18N2O. The quantitative estimate of drug-likeness (QED) is 0.775. The number of carbonyl (C=O) groups is 1. The van der Waals surface area contributed by atoms with Gasteiger partial charge in [0.1, 0.15) is 11.6 Å². The average Bonchev–Trinajstić information content (AvgIpc) is 2.75. The molecule has 3 rings (SSSR count). The van der Waals surface area contributed by atoms with Crippen LogP contribution >= 0.6 is 0 Å². The zero-order valence-electron chi connectivity index (χ0n) is 9.72. The molecule has 1 aromatic rings. The van der Waals surface area contributed by atoms with Crippen molar-refractivity contribution in [1.29, 1.82) is 0 Å². The Labute approximate surface area is 95.9 Å². The molecule has 2 aliphatic rings. The number of ketones is 1. The van der Waals surface area contributed by atoms with Crippen molar-refractivity contribution in [1.82, 2.24) is 9.55 Å². The zero-order valence-corrected chi connectivity index (χ0v) is 9.72. The number of imidazole rings is 1. The second kappa shape index (κ2) is 3.72. The molecule has 2 unspecified atom stereocenters. The number of hydrogen-bond donors (Lipinski definition) is 0. The van der Waals surface area contributed by atoms with Crippen LogP contribution in [0.3, 0.4) is 0 Å². The van der Waals surface area contributed by atoms with Crippen LogP contribution in [0.15, 0.2) is 12.4 Å². The summed E-state index contributed by atoms with van der Waals surface area (Å²) in [5.74, 6) is 3.46. The lowest BCUT2D eigenvalue weighted by atomic mass is 9.96. The molecule has 0 aromatic carbocycles. The maximum atomic E-state index is 12.1. The summed E-state index contributed by atoms with van der Waals surface area (Å²) < 4.78 is 2.06. The molecule has 0 amide bonds. The van der Waals surface area contributed by atoms with Gasteiger partial charge in [0.25, 0.3) is 0 Å². The van der Waals surface area contributed by atoms with Gasteiger partial charge in [-0.3, -0.25) is 4.79 Å². The summed E-state index contributed by atoms with van der Waals surface area (Å²) in [6.07, 6.45) is 7.96. The fourth-order valence-corrected chi connectivity index (χ4v) is 3.07. The third-order valence-electron chi connectivity index (χ3n) is 4.17. The van der Waals surface area contributed by atoms with E-state index in [0.717, 1.165) is 37.0 Å². The van der Waals surface area contributed by atoms with E-state index in [9.17, 15) is 4.79 Å². The number of aromatic nitrogens is 2. The van der Waals surface area contributed by atoms with Gasteiger partial charge in [-0.2, -0.15) is 0 Å². The highest BCUT2D eigenvalue weighted by atomic mass is 16.1. The molecule has 2 saturated carbocycles. The molecule has 0 spiro atoms. The van der Waals surface area contributed by atoms with E-state index in [-0.39, 0.29) is 0 Å². The lowest BCUT2D eigenvalue weighted by Crippen LogP contribution is -2.17. The maximum absolute atomic E-state index is 12.1. The van der Waals surface area contributed by atoms with Crippen molar-refractivity contribution in [3.05, 3.63) is 18.2 Å². The summed E-state index contributed by atoms with van der Waals surface area (Å²) in [7, 11) is 0. The van der Waals surface area contributed by atoms with Crippen LogP contribution in [0.5, 0.6) is 0 Å². The molecule has 1 heterocycles. The number of nitrogens with zero attached hydrogens (tertiary/aromatic N) is 2. The van der Waals surface area contributed by atoms with Crippen LogP contribution in [0.25, 0.3) is 0 Å². The molecular weight excluding hydrogens is 200 g/mol. The number of carbonyl (C=O) groups excluding carboxylic acids is 1. The highest BCUT2D eigenvalue weighted by Crippen LogP contribution is 2.54. The first-order chi connectivity index (χ1) is 7.78. The van der Waals surface area contributed by atoms with Gasteiger partial charge in [0.15, 0.2) is 0 Å². The van der Waals surface area contributed by atoms with Crippen molar-refractivity contribution in [2.45, 2.75) is 39.2 Å². The van der Waals surface area contributed by atoms with E-state index in [4.69, 9.17) is 0 Å². The van der Waals surface area contributed by atoms with E-state index in [1.807, 2.05) is 6.20 Å². The minimum Gasteiger partial charge on any atom is -0.335 e. The standard InChI is InChI=1S/C13H18N2O/c1-2-15-4-3-14-13(15)8-12(16)11-6-9-5-10(9)7-11/h3-4,9-11H,2,5-8H2,1H3. The number of fused-ring (bicyclic) bond motifs is 1. The Morgan fingerprint density at radius 2 is 2.19 bits per heavy atom. The van der Waals surface area contributed by atoms with Crippen molar-refractivity contribution in [2.24, 2.45) is 17.8 Å². The normalized spacial score (nSPS) is 31.4. The van der Waals surface area contributed by atoms with Gasteiger partial charge < -0.3 is 4.57 Å². The van der Waals surface area contributed by atoms with Gasteiger partial charge in [0.05, 0.1) is 6.42 Å². The van der Waals surface area contributed by atoms with E-state index < -0.39 is 0 Å². The lowest BCUT2D eigenvalue weighted by Gasteiger charge is -2.10. The van der Waals surface area contributed by atoms with E-state index >= 15 is 0 Å². The highest BCUT2D eigenvalue weighted by molar-refractivity contribution is 5.83. The molecule has 16 heavy (non-hydrogen) atoms. The van der Waals surface area contributed by atoms with Crippen LogP contribution in [0.2, 0.25) is 0 Å². The number of hydrogen-bond acceptors (Lipinski definition) is 2. The molecule has 0 aliphatic heterocycles. The Kier molecular flexibility index (Phi) is 2.34. The van der Waals surface area contributed by atoms with Crippen LogP contribution in [-0.2, 0) is 17.8 Å². The summed E-state index contributed by atoms with van der Waals surface area (Å²) in [5, 5.41) is 0. The molecule has 0 radical (unpaired) electrons. The first kappa shape index (κ1) is 10.1. The Morgan fingerprint density at radius 3 is 2.88 bits per heavy atom. The van der Waals surface area contributed by atoms with Crippen molar-refractivity contribution >= 4 is 5.78 Å². The van der Waals surface area contributed by atoms with Gasteiger partial charge in [-0.05, 0) is 38.0 Å². The topological polar surface area (TPSA) is 34.9 Å². The first-order valence-corrected chi connectivity index (χ1v) is 6.30. The third kappa shape index (κ3) is 1.68. The van der Waals surface area contributed by atoms with Crippen LogP contribution in [0.4, 0.5) is 0 Å². The summed E-state index contributed by atoms with van der Waals surface area (Å²) in [6.45, 7) is 2.99. The molecule has 2 atom stereocenters. The van der Waals surface area contributed by atoms with E-state index in [1.54, 1.807) is 6.20 Å². The Morgan fingerprint density at radius 1 is 1.44 bits per heavy atom. The van der Waals surface area contributed by atoms with Crippen molar-refractivity contribution < 1.29 is 4.79 Å². The van der Waals surface area contributed by atoms with E-state index in [0.29, 0.717) is 18.1 Å². The Bertz CT molecular complexity index is 400. The summed E-state index contributed by atoms with van der Waals surface area (Å²) in [5.41, 5.74) is 0. The minimum absolute atomic E-state index is 0.339. The zero-order chi connectivity index (χ0) is 11.1. The first-order valence-electron chi connectivity index (χ1n) is 6.30. The molecule has 0 N–H and O–H groups in total. The second-order valence-corrected chi connectivity index (χ2v) is 5.20. The van der Waals surface area contributed by atoms with Crippen molar-refractivity contribution in [3.63, 3.8) is 0 Å². The SMILES string of the molecule is CCn1ccnc1CC(=O)C1CC2CC2C1. The fraction of sp³-hybridized carbons (Fsp3) is 0.692. The predicted octanol–water partition coefficient (Wildman–Crippen LogP) is 2.06. The van der Waals surface area contributed by atoms with Crippen LogP contribution in [0.1, 0.15) is 32.0 Å². The number of aryl methyl sites for hydroxylation is 1. The highest BCUT2D eigenvalue weighted by Gasteiger charge is 2.47. The van der Waals surface area contributed by atoms with Gasteiger partial charge in [-0.25, -0.2) is 4.98 Å². The van der Waals surface area contributed by atoms with Crippen LogP contribution in [0, 0.1) is 17.8 Å². The van der Waals surface area contributed by atoms with Crippen LogP contribution in [-0.4, -0.2) is 15.3 Å². The van der Waals surface area contributed by atoms with E-state index in [1.165, 1.54) is 6.42 Å². The summed E-state index contributed by atoms with van der Waals surface area (Å²) >= 11 is 0. The molecule has 0 saturated heterocycles. The number of rotatable bonds is 4. The molecule has 3 nitrogen and oxygen atoms in total. The Hall–Kier alpha value is -1.12. The molecule has 0 bridgehead atoms. The van der Waals surface area contributed by atoms with Gasteiger partial charge in [0, 0.05) is 24.9 Å². The predicted molar refractivity (Wildman–Crippen MR) is 60.9 cm³/mol. The second-order valence-electron chi connectivity index (χ2n) is 5.20. The van der Waals surface area contributed by atoms with Gasteiger partial charge in [-0.1, -0.05) is 0 Å². The van der Waals surface area contributed by atoms with E-state index in [2.05, 4.69) is 16.5 Å². The summed E-state index contributed by atoms with van der Waals surface area (Å²) in [6, 6.07) is 0. The molecule has 86 valence electrons. The molecule has 3 heteroatoms. The third-order valence-corrected chi connectivity index (χ3v) is 4.17. The van der Waals surface area contributed by atoms with Crippen molar-refractivity contribution in [3.8, 4) is 0 Å². The molecule has 2 fully saturated rings. The smallest absolute Gasteiger partial charge is 0.143 e. The van der Waals surface area contributed by atoms with Gasteiger partial charge in [0.2, 0.25) is 0 Å². The monoisotopic (exact) mass is 218 g/mol. The fourth-order valence-electron chi connectivity index (χ4n) is 3.07. The lowest BCUT2D eigenvalue weighted by molar-refractivity contribution is -0.122. The maximum Gasteiger partial charge on any atom is 0.143 e. The van der Waals surface area contributed by atoms with Gasteiger partial charge >= 0.3 is 0 Å². The molecule has 1 aromatic heterocycles. The number of Topliss-reactive ketones (excluding diaryl/α,β-unsaturated/α-hetero) is 1. The van der Waals surface area contributed by atoms with Crippen molar-refractivity contribution in [2.75, 3.05) is 0 Å². The largest absolute Gasteiger partial charge is 0.335 e. The summed E-state index contributed by atoms with van der Waals surface area (Å²) in [4.78, 5) is 16.4. The molecule has 2 aliphatic carbocycles. The minimum atomic E-state index is 0.339. The average molecular weight is 218 g/mol. The van der Waals surface area contributed by atoms with Crippen LogP contribution < -0.4 is 0 Å². The van der Waals surface area contributed by atoms with Gasteiger partial charge in [-0.15, -0.1) is 0 Å².